The third-order valence-corrected chi connectivity index (χ3v) is 8.50. The summed E-state index contributed by atoms with van der Waals surface area (Å²) in [6.07, 6.45) is 8.36. The predicted molar refractivity (Wildman–Crippen MR) is 150 cm³/mol. The lowest BCUT2D eigenvalue weighted by molar-refractivity contribution is 0.102. The summed E-state index contributed by atoms with van der Waals surface area (Å²) >= 11 is 0. The number of nitrogens with one attached hydrogen (secondary N) is 3. The van der Waals surface area contributed by atoms with Crippen molar-refractivity contribution >= 4 is 44.5 Å². The zero-order chi connectivity index (χ0) is 27.6. The first-order valence-corrected chi connectivity index (χ1v) is 14.1. The monoisotopic (exact) mass is 549 g/mol. The molecule has 0 atom stereocenters. The highest BCUT2D eigenvalue weighted by molar-refractivity contribution is 7.89. The van der Waals surface area contributed by atoms with Gasteiger partial charge in [0.2, 0.25) is 10.0 Å². The number of carbonyl (C=O) groups is 1. The van der Waals surface area contributed by atoms with Crippen LogP contribution in [0, 0.1) is 0 Å². The fraction of sp³-hybridized carbons (Fsp3) is 0.308. The average Bonchev–Trinajstić information content (AvgIpc) is 3.35. The molecular weight excluding hydrogens is 518 g/mol. The van der Waals surface area contributed by atoms with E-state index in [1.807, 2.05) is 6.07 Å². The van der Waals surface area contributed by atoms with Gasteiger partial charge in [-0.3, -0.25) is 9.78 Å². The van der Waals surface area contributed by atoms with Crippen LogP contribution in [0.2, 0.25) is 0 Å². The van der Waals surface area contributed by atoms with Gasteiger partial charge < -0.3 is 21.7 Å². The van der Waals surface area contributed by atoms with E-state index in [1.54, 1.807) is 48.8 Å². The molecule has 39 heavy (non-hydrogen) atoms. The second kappa shape index (κ2) is 11.0. The van der Waals surface area contributed by atoms with Crippen LogP contribution in [-0.4, -0.2) is 64.4 Å². The summed E-state index contributed by atoms with van der Waals surface area (Å²) in [5.41, 5.74) is 8.63. The van der Waals surface area contributed by atoms with Crippen LogP contribution < -0.4 is 21.7 Å². The summed E-state index contributed by atoms with van der Waals surface area (Å²) in [7, 11) is -0.567. The molecule has 12 nitrogen and oxygen atoms in total. The van der Waals surface area contributed by atoms with E-state index < -0.39 is 10.0 Å². The van der Waals surface area contributed by atoms with Crippen LogP contribution in [0.25, 0.3) is 5.65 Å². The molecule has 1 amide bonds. The Morgan fingerprint density at radius 1 is 1.03 bits per heavy atom. The maximum absolute atomic E-state index is 13.1. The molecule has 0 bridgehead atoms. The lowest BCUT2D eigenvalue weighted by Crippen LogP contribution is -2.33. The van der Waals surface area contributed by atoms with E-state index in [-0.39, 0.29) is 28.6 Å². The number of nitrogens with two attached hydrogens (primary N) is 1. The highest BCUT2D eigenvalue weighted by atomic mass is 32.2. The average molecular weight is 550 g/mol. The molecule has 3 heterocycles. The number of pyridine rings is 1. The normalized spacial score (nSPS) is 17.7. The van der Waals surface area contributed by atoms with Crippen molar-refractivity contribution in [2.24, 2.45) is 5.73 Å². The van der Waals surface area contributed by atoms with E-state index in [1.165, 1.54) is 29.1 Å². The molecule has 1 aromatic carbocycles. The fourth-order valence-electron chi connectivity index (χ4n) is 4.47. The molecule has 0 spiro atoms. The largest absolute Gasteiger partial charge is 0.366 e. The molecule has 0 saturated heterocycles. The van der Waals surface area contributed by atoms with E-state index in [2.05, 4.69) is 25.9 Å². The highest BCUT2D eigenvalue weighted by Crippen LogP contribution is 2.28. The van der Waals surface area contributed by atoms with Gasteiger partial charge in [0.15, 0.2) is 11.3 Å². The molecule has 13 heteroatoms. The number of fused-ring (bicyclic) bond motifs is 1. The Labute approximate surface area is 226 Å². The summed E-state index contributed by atoms with van der Waals surface area (Å²) in [4.78, 5) is 21.8. The Morgan fingerprint density at radius 3 is 2.38 bits per heavy atom. The Kier molecular flexibility index (Phi) is 7.46. The van der Waals surface area contributed by atoms with Crippen LogP contribution in [0.3, 0.4) is 0 Å². The van der Waals surface area contributed by atoms with E-state index in [0.717, 1.165) is 25.7 Å². The van der Waals surface area contributed by atoms with Crippen molar-refractivity contribution in [2.45, 2.75) is 42.7 Å². The van der Waals surface area contributed by atoms with E-state index in [9.17, 15) is 13.2 Å². The number of anilines is 4. The van der Waals surface area contributed by atoms with Crippen molar-refractivity contribution in [3.8, 4) is 0 Å². The Morgan fingerprint density at radius 2 is 1.72 bits per heavy atom. The number of carbonyl (C=O) groups excluding carboxylic acids is 1. The van der Waals surface area contributed by atoms with Crippen molar-refractivity contribution in [1.82, 2.24) is 23.9 Å². The zero-order valence-electron chi connectivity index (χ0n) is 21.7. The van der Waals surface area contributed by atoms with Gasteiger partial charge in [0.05, 0.1) is 16.8 Å². The molecule has 0 radical (unpaired) electrons. The molecule has 0 unspecified atom stereocenters. The first kappa shape index (κ1) is 26.5. The third-order valence-electron chi connectivity index (χ3n) is 6.67. The van der Waals surface area contributed by atoms with Crippen molar-refractivity contribution in [1.29, 1.82) is 0 Å². The van der Waals surface area contributed by atoms with Gasteiger partial charge in [0.1, 0.15) is 5.82 Å². The first-order valence-electron chi connectivity index (χ1n) is 12.6. The van der Waals surface area contributed by atoms with Gasteiger partial charge in [0, 0.05) is 56.0 Å². The van der Waals surface area contributed by atoms with Crippen molar-refractivity contribution in [2.75, 3.05) is 30.0 Å². The van der Waals surface area contributed by atoms with Crippen LogP contribution >= 0.6 is 0 Å². The van der Waals surface area contributed by atoms with Crippen LogP contribution in [0.5, 0.6) is 0 Å². The molecule has 4 aromatic rings. The minimum absolute atomic E-state index is 0.187. The van der Waals surface area contributed by atoms with Crippen LogP contribution in [0.1, 0.15) is 36.2 Å². The molecule has 3 aromatic heterocycles. The summed E-state index contributed by atoms with van der Waals surface area (Å²) in [6.45, 7) is 0. The van der Waals surface area contributed by atoms with Crippen LogP contribution in [0.4, 0.5) is 22.9 Å². The maximum Gasteiger partial charge on any atom is 0.276 e. The smallest absolute Gasteiger partial charge is 0.276 e. The Bertz CT molecular complexity index is 1560. The minimum Gasteiger partial charge on any atom is -0.366 e. The number of hydrogen-bond acceptors (Lipinski definition) is 9. The van der Waals surface area contributed by atoms with E-state index in [4.69, 9.17) is 10.8 Å². The SMILES string of the molecule is CN(C)S(=O)(=O)c1ccc(Nc2cc(N[C@H]3CC[C@H](N)CC3)nn3c(C(=O)Nc4ccncc4)cnc23)cc1. The van der Waals surface area contributed by atoms with Gasteiger partial charge in [-0.1, -0.05) is 0 Å². The Balaban J connectivity index is 1.48. The summed E-state index contributed by atoms with van der Waals surface area (Å²) < 4.78 is 27.6. The number of amides is 1. The summed E-state index contributed by atoms with van der Waals surface area (Å²) in [5, 5.41) is 14.3. The topological polar surface area (TPSA) is 160 Å². The van der Waals surface area contributed by atoms with Crippen molar-refractivity contribution in [3.05, 3.63) is 66.7 Å². The Hall–Kier alpha value is -4.07. The predicted octanol–water partition coefficient (Wildman–Crippen LogP) is 3.05. The molecule has 1 aliphatic rings. The number of hydrogen-bond donors (Lipinski definition) is 4. The third kappa shape index (κ3) is 5.85. The van der Waals surface area contributed by atoms with Crippen molar-refractivity contribution in [3.63, 3.8) is 0 Å². The highest BCUT2D eigenvalue weighted by Gasteiger charge is 2.22. The number of rotatable bonds is 8. The number of benzene rings is 1. The van der Waals surface area contributed by atoms with Gasteiger partial charge >= 0.3 is 0 Å². The van der Waals surface area contributed by atoms with Gasteiger partial charge in [-0.05, 0) is 62.1 Å². The molecule has 5 rings (SSSR count). The van der Waals surface area contributed by atoms with Gasteiger partial charge in [-0.15, -0.1) is 5.10 Å². The van der Waals surface area contributed by atoms with E-state index >= 15 is 0 Å². The number of imidazole rings is 1. The molecule has 0 aliphatic heterocycles. The zero-order valence-corrected chi connectivity index (χ0v) is 22.5. The van der Waals surface area contributed by atoms with Crippen molar-refractivity contribution < 1.29 is 13.2 Å². The molecular formula is C26H31N9O3S. The molecule has 1 fully saturated rings. The molecule has 1 saturated carbocycles. The van der Waals surface area contributed by atoms with Crippen LogP contribution in [0.15, 0.2) is 66.0 Å². The maximum atomic E-state index is 13.1. The molecule has 204 valence electrons. The number of aromatic nitrogens is 4. The quantitative estimate of drug-likeness (QED) is 0.259. The molecule has 1 aliphatic carbocycles. The standard InChI is InChI=1S/C26H31N9O3S/c1-34(2)39(37,38)21-9-7-18(8-10-21)30-22-15-24(31-19-5-3-17(27)4-6-19)33-35-23(16-29-25(22)35)26(36)32-20-11-13-28-14-12-20/h7-17,19,30H,3-6,27H2,1-2H3,(H,31,33)(H,28,32,36)/t17-,19-. The lowest BCUT2D eigenvalue weighted by atomic mass is 9.92. The minimum atomic E-state index is -3.55. The van der Waals surface area contributed by atoms with Gasteiger partial charge in [0.25, 0.3) is 5.91 Å². The number of sulfonamides is 1. The second-order valence-electron chi connectivity index (χ2n) is 9.70. The molecule has 5 N–H and O–H groups in total. The second-order valence-corrected chi connectivity index (χ2v) is 11.9. The fourth-order valence-corrected chi connectivity index (χ4v) is 5.37. The summed E-state index contributed by atoms with van der Waals surface area (Å²) in [5.74, 6) is 0.208. The van der Waals surface area contributed by atoms with Crippen LogP contribution in [-0.2, 0) is 10.0 Å². The lowest BCUT2D eigenvalue weighted by Gasteiger charge is -2.27. The first-order chi connectivity index (χ1) is 18.7. The van der Waals surface area contributed by atoms with E-state index in [0.29, 0.717) is 28.5 Å². The van der Waals surface area contributed by atoms with Gasteiger partial charge in [-0.2, -0.15) is 0 Å². The van der Waals surface area contributed by atoms with Gasteiger partial charge in [-0.25, -0.2) is 22.2 Å². The number of nitrogens with zero attached hydrogens (tertiary/aromatic N) is 5. The summed E-state index contributed by atoms with van der Waals surface area (Å²) in [6, 6.07) is 12.1.